The van der Waals surface area contributed by atoms with Crippen LogP contribution in [0.1, 0.15) is 0 Å². The molecule has 0 fully saturated rings. The Balaban J connectivity index is 2.25. The molecular weight excluding hydrogens is 250 g/mol. The fourth-order valence-corrected chi connectivity index (χ4v) is 1.97. The molecule has 5 heteroatoms. The maximum absolute atomic E-state index is 13.2. The molecule has 19 heavy (non-hydrogen) atoms. The molecule has 0 aliphatic carbocycles. The molecule has 1 aromatic heterocycles. The first kappa shape index (κ1) is 11.5. The number of benzene rings is 2. The van der Waals surface area contributed by atoms with Crippen molar-refractivity contribution in [2.24, 2.45) is 0 Å². The van der Waals surface area contributed by atoms with Crippen LogP contribution in [-0.2, 0) is 0 Å². The van der Waals surface area contributed by atoms with Crippen molar-refractivity contribution in [1.29, 1.82) is 0 Å². The Labute approximate surface area is 106 Å². The molecule has 3 aromatic rings. The van der Waals surface area contributed by atoms with Gasteiger partial charge in [0.15, 0.2) is 0 Å². The Morgan fingerprint density at radius 2 is 1.68 bits per heavy atom. The zero-order valence-electron chi connectivity index (χ0n) is 9.65. The molecule has 0 aliphatic rings. The van der Waals surface area contributed by atoms with Crippen LogP contribution in [0.5, 0.6) is 0 Å². The lowest BCUT2D eigenvalue weighted by molar-refractivity contribution is 0.584. The van der Waals surface area contributed by atoms with Crippen LogP contribution < -0.4 is 5.56 Å². The van der Waals surface area contributed by atoms with Gasteiger partial charge < -0.3 is 4.98 Å². The molecule has 0 bridgehead atoms. The van der Waals surface area contributed by atoms with E-state index in [-0.39, 0.29) is 5.56 Å². The molecule has 3 nitrogen and oxygen atoms in total. The first-order chi connectivity index (χ1) is 9.13. The predicted molar refractivity (Wildman–Crippen MR) is 67.7 cm³/mol. The lowest BCUT2D eigenvalue weighted by Gasteiger charge is -2.04. The van der Waals surface area contributed by atoms with Crippen LogP contribution in [0.25, 0.3) is 22.0 Å². The van der Waals surface area contributed by atoms with Crippen molar-refractivity contribution in [1.82, 2.24) is 9.97 Å². The van der Waals surface area contributed by atoms with Gasteiger partial charge in [-0.15, -0.1) is 0 Å². The summed E-state index contributed by atoms with van der Waals surface area (Å²) in [5.41, 5.74) is 1.18. The summed E-state index contributed by atoms with van der Waals surface area (Å²) < 4.78 is 26.4. The normalized spacial score (nSPS) is 10.8. The minimum Gasteiger partial charge on any atom is -0.313 e. The number of nitrogens with one attached hydrogen (secondary N) is 1. The second kappa shape index (κ2) is 4.28. The summed E-state index contributed by atoms with van der Waals surface area (Å²) in [5.74, 6) is -1.31. The molecule has 3 rings (SSSR count). The van der Waals surface area contributed by atoms with Crippen molar-refractivity contribution in [2.75, 3.05) is 0 Å². The summed E-state index contributed by atoms with van der Waals surface area (Å²) in [6, 6.07) is 8.11. The summed E-state index contributed by atoms with van der Waals surface area (Å²) in [7, 11) is 0. The van der Waals surface area contributed by atoms with Crippen molar-refractivity contribution in [3.8, 4) is 11.1 Å². The summed E-state index contributed by atoms with van der Waals surface area (Å²) >= 11 is 0. The van der Waals surface area contributed by atoms with Crippen LogP contribution >= 0.6 is 0 Å². The molecule has 2 aromatic carbocycles. The number of aromatic nitrogens is 2. The van der Waals surface area contributed by atoms with E-state index in [9.17, 15) is 13.6 Å². The first-order valence-corrected chi connectivity index (χ1v) is 5.57. The average Bonchev–Trinajstić information content (AvgIpc) is 2.38. The molecule has 1 heterocycles. The van der Waals surface area contributed by atoms with Crippen molar-refractivity contribution in [3.05, 3.63) is 64.7 Å². The van der Waals surface area contributed by atoms with E-state index in [0.29, 0.717) is 22.0 Å². The fourth-order valence-electron chi connectivity index (χ4n) is 1.97. The molecular formula is C14H8F2N2O. The summed E-state index contributed by atoms with van der Waals surface area (Å²) in [6.07, 6.45) is 1.31. The van der Waals surface area contributed by atoms with Gasteiger partial charge in [-0.25, -0.2) is 13.8 Å². The molecule has 0 spiro atoms. The molecule has 0 saturated carbocycles. The average molecular weight is 258 g/mol. The standard InChI is InChI=1S/C14H8F2N2O/c15-10-3-9(4-11(16)6-10)8-1-2-13-12(5-8)14(19)18-7-17-13/h1-7H,(H,17,18,19). The molecule has 0 aliphatic heterocycles. The lowest BCUT2D eigenvalue weighted by atomic mass is 10.0. The van der Waals surface area contributed by atoms with Gasteiger partial charge in [-0.2, -0.15) is 0 Å². The van der Waals surface area contributed by atoms with E-state index in [4.69, 9.17) is 0 Å². The van der Waals surface area contributed by atoms with Crippen LogP contribution in [0, 0.1) is 11.6 Å². The zero-order valence-corrected chi connectivity index (χ0v) is 9.65. The molecule has 0 atom stereocenters. The van der Waals surface area contributed by atoms with Gasteiger partial charge in [-0.05, 0) is 35.4 Å². The van der Waals surface area contributed by atoms with E-state index >= 15 is 0 Å². The van der Waals surface area contributed by atoms with Crippen molar-refractivity contribution in [3.63, 3.8) is 0 Å². The summed E-state index contributed by atoms with van der Waals surface area (Å²) in [6.45, 7) is 0. The van der Waals surface area contributed by atoms with Crippen LogP contribution in [0.2, 0.25) is 0 Å². The number of rotatable bonds is 1. The van der Waals surface area contributed by atoms with Crippen LogP contribution in [-0.4, -0.2) is 9.97 Å². The Hall–Kier alpha value is -2.56. The molecule has 94 valence electrons. The second-order valence-electron chi connectivity index (χ2n) is 4.12. The minimum atomic E-state index is -0.657. The van der Waals surface area contributed by atoms with E-state index in [0.717, 1.165) is 6.07 Å². The van der Waals surface area contributed by atoms with Crippen LogP contribution in [0.4, 0.5) is 8.78 Å². The Bertz CT molecular complexity index is 807. The van der Waals surface area contributed by atoms with Crippen LogP contribution in [0.15, 0.2) is 47.5 Å². The quantitative estimate of drug-likeness (QED) is 0.729. The number of nitrogens with zero attached hydrogens (tertiary/aromatic N) is 1. The minimum absolute atomic E-state index is 0.288. The van der Waals surface area contributed by atoms with E-state index in [1.165, 1.54) is 18.5 Å². The highest BCUT2D eigenvalue weighted by atomic mass is 19.1. The third kappa shape index (κ3) is 2.10. The van der Waals surface area contributed by atoms with Gasteiger partial charge >= 0.3 is 0 Å². The number of aromatic amines is 1. The highest BCUT2D eigenvalue weighted by Gasteiger charge is 2.06. The van der Waals surface area contributed by atoms with Gasteiger partial charge in [-0.3, -0.25) is 4.79 Å². The number of fused-ring (bicyclic) bond motifs is 1. The number of H-pyrrole nitrogens is 1. The molecule has 0 saturated heterocycles. The largest absolute Gasteiger partial charge is 0.313 e. The second-order valence-corrected chi connectivity index (χ2v) is 4.12. The lowest BCUT2D eigenvalue weighted by Crippen LogP contribution is -2.06. The van der Waals surface area contributed by atoms with Gasteiger partial charge in [0.2, 0.25) is 0 Å². The van der Waals surface area contributed by atoms with Gasteiger partial charge in [0, 0.05) is 6.07 Å². The molecule has 1 N–H and O–H groups in total. The maximum Gasteiger partial charge on any atom is 0.258 e. The molecule has 0 unspecified atom stereocenters. The van der Waals surface area contributed by atoms with E-state index < -0.39 is 11.6 Å². The van der Waals surface area contributed by atoms with E-state index in [1.807, 2.05) is 0 Å². The van der Waals surface area contributed by atoms with Gasteiger partial charge in [0.05, 0.1) is 17.2 Å². The van der Waals surface area contributed by atoms with Gasteiger partial charge in [-0.1, -0.05) is 6.07 Å². The maximum atomic E-state index is 13.2. The number of halogens is 2. The van der Waals surface area contributed by atoms with E-state index in [2.05, 4.69) is 9.97 Å². The third-order valence-corrected chi connectivity index (χ3v) is 2.84. The number of hydrogen-bond donors (Lipinski definition) is 1. The zero-order chi connectivity index (χ0) is 13.4. The Morgan fingerprint density at radius 1 is 0.947 bits per heavy atom. The third-order valence-electron chi connectivity index (χ3n) is 2.84. The smallest absolute Gasteiger partial charge is 0.258 e. The summed E-state index contributed by atoms with van der Waals surface area (Å²) in [5, 5.41) is 0.379. The fraction of sp³-hybridized carbons (Fsp3) is 0. The predicted octanol–water partition coefficient (Wildman–Crippen LogP) is 2.87. The molecule has 0 radical (unpaired) electrons. The monoisotopic (exact) mass is 258 g/mol. The number of hydrogen-bond acceptors (Lipinski definition) is 2. The van der Waals surface area contributed by atoms with Crippen molar-refractivity contribution < 1.29 is 8.78 Å². The Morgan fingerprint density at radius 3 is 2.42 bits per heavy atom. The molecule has 0 amide bonds. The highest BCUT2D eigenvalue weighted by Crippen LogP contribution is 2.23. The van der Waals surface area contributed by atoms with E-state index in [1.54, 1.807) is 18.2 Å². The van der Waals surface area contributed by atoms with Crippen molar-refractivity contribution in [2.45, 2.75) is 0 Å². The SMILES string of the molecule is O=c1[nH]cnc2ccc(-c3cc(F)cc(F)c3)cc12. The Kier molecular flexibility index (Phi) is 2.59. The van der Waals surface area contributed by atoms with Crippen molar-refractivity contribution >= 4 is 10.9 Å². The van der Waals surface area contributed by atoms with Gasteiger partial charge in [0.25, 0.3) is 5.56 Å². The highest BCUT2D eigenvalue weighted by molar-refractivity contribution is 5.83. The topological polar surface area (TPSA) is 45.8 Å². The summed E-state index contributed by atoms with van der Waals surface area (Å²) in [4.78, 5) is 18.1. The van der Waals surface area contributed by atoms with Gasteiger partial charge in [0.1, 0.15) is 11.6 Å². The van der Waals surface area contributed by atoms with Crippen LogP contribution in [0.3, 0.4) is 0 Å². The first-order valence-electron chi connectivity index (χ1n) is 5.57.